The van der Waals surface area contributed by atoms with Crippen LogP contribution in [0.3, 0.4) is 0 Å². The van der Waals surface area contributed by atoms with Gasteiger partial charge in [0.2, 0.25) is 11.8 Å². The van der Waals surface area contributed by atoms with Crippen LogP contribution in [0.2, 0.25) is 5.15 Å². The molecule has 2 heterocycles. The van der Waals surface area contributed by atoms with Gasteiger partial charge in [0.05, 0.1) is 22.9 Å². The van der Waals surface area contributed by atoms with E-state index in [-0.39, 0.29) is 24.9 Å². The van der Waals surface area contributed by atoms with E-state index in [1.54, 1.807) is 6.07 Å². The molecule has 1 aromatic rings. The summed E-state index contributed by atoms with van der Waals surface area (Å²) >= 11 is 8.97. The van der Waals surface area contributed by atoms with Gasteiger partial charge in [0.15, 0.2) is 0 Å². The molecule has 6 nitrogen and oxygen atoms in total. The van der Waals surface area contributed by atoms with Crippen molar-refractivity contribution in [1.29, 1.82) is 0 Å². The first-order chi connectivity index (χ1) is 8.56. The number of nitrogens with one attached hydrogen (secondary N) is 3. The van der Waals surface area contributed by atoms with Crippen molar-refractivity contribution >= 4 is 45.0 Å². The minimum absolute atomic E-state index is 0.116. The van der Waals surface area contributed by atoms with Crippen molar-refractivity contribution in [3.8, 4) is 0 Å². The Morgan fingerprint density at radius 3 is 3.00 bits per heavy atom. The number of anilines is 1. The fourth-order valence-electron chi connectivity index (χ4n) is 1.47. The first-order valence-electron chi connectivity index (χ1n) is 5.18. The van der Waals surface area contributed by atoms with Gasteiger partial charge in [-0.1, -0.05) is 11.6 Å². The number of hydrogen-bond acceptors (Lipinski definition) is 4. The van der Waals surface area contributed by atoms with E-state index in [4.69, 9.17) is 11.6 Å². The molecule has 0 bridgehead atoms. The average molecular weight is 334 g/mol. The van der Waals surface area contributed by atoms with Gasteiger partial charge in [-0.3, -0.25) is 14.9 Å². The Hall–Kier alpha value is -1.18. The smallest absolute Gasteiger partial charge is 0.243 e. The lowest BCUT2D eigenvalue weighted by atomic mass is 10.2. The van der Waals surface area contributed by atoms with Gasteiger partial charge in [-0.25, -0.2) is 4.98 Å². The highest BCUT2D eigenvalue weighted by Gasteiger charge is 2.23. The Labute approximate surface area is 117 Å². The lowest BCUT2D eigenvalue weighted by Crippen LogP contribution is -2.56. The number of nitrogens with zero attached hydrogens (tertiary/aromatic N) is 1. The second kappa shape index (κ2) is 5.64. The van der Waals surface area contributed by atoms with Gasteiger partial charge in [0, 0.05) is 6.54 Å². The molecule has 96 valence electrons. The second-order valence-electron chi connectivity index (χ2n) is 3.72. The summed E-state index contributed by atoms with van der Waals surface area (Å²) in [5, 5.41) is 8.46. The quantitative estimate of drug-likeness (QED) is 0.689. The molecule has 3 N–H and O–H groups in total. The lowest BCUT2D eigenvalue weighted by molar-refractivity contribution is -0.124. The maximum Gasteiger partial charge on any atom is 0.243 e. The minimum Gasteiger partial charge on any atom is -0.353 e. The molecule has 0 radical (unpaired) electrons. The molecular weight excluding hydrogens is 323 g/mol. The van der Waals surface area contributed by atoms with E-state index >= 15 is 0 Å². The van der Waals surface area contributed by atoms with E-state index in [0.29, 0.717) is 15.3 Å². The van der Waals surface area contributed by atoms with E-state index in [1.807, 2.05) is 0 Å². The largest absolute Gasteiger partial charge is 0.353 e. The van der Waals surface area contributed by atoms with Crippen molar-refractivity contribution < 1.29 is 9.59 Å². The van der Waals surface area contributed by atoms with E-state index in [2.05, 4.69) is 36.9 Å². The number of pyridine rings is 1. The van der Waals surface area contributed by atoms with Crippen LogP contribution in [-0.2, 0) is 9.59 Å². The van der Waals surface area contributed by atoms with Crippen LogP contribution in [0.25, 0.3) is 0 Å². The zero-order valence-electron chi connectivity index (χ0n) is 9.17. The summed E-state index contributed by atoms with van der Waals surface area (Å²) in [5.41, 5.74) is 0.537. The predicted molar refractivity (Wildman–Crippen MR) is 70.4 cm³/mol. The molecule has 0 spiro atoms. The van der Waals surface area contributed by atoms with Crippen LogP contribution in [0.4, 0.5) is 5.69 Å². The maximum atomic E-state index is 11.9. The van der Waals surface area contributed by atoms with Crippen LogP contribution in [0.15, 0.2) is 16.7 Å². The van der Waals surface area contributed by atoms with Crippen LogP contribution in [0.5, 0.6) is 0 Å². The molecule has 1 atom stereocenters. The van der Waals surface area contributed by atoms with Gasteiger partial charge in [-0.2, -0.15) is 0 Å². The van der Waals surface area contributed by atoms with Gasteiger partial charge in [-0.05, 0) is 22.0 Å². The molecule has 2 rings (SSSR count). The summed E-state index contributed by atoms with van der Waals surface area (Å²) < 4.78 is 0.604. The maximum absolute atomic E-state index is 11.9. The first-order valence-corrected chi connectivity index (χ1v) is 6.35. The van der Waals surface area contributed by atoms with Crippen LogP contribution >= 0.6 is 27.5 Å². The zero-order chi connectivity index (χ0) is 13.1. The molecule has 1 aliphatic heterocycles. The van der Waals surface area contributed by atoms with Crippen molar-refractivity contribution in [3.63, 3.8) is 0 Å². The van der Waals surface area contributed by atoms with Gasteiger partial charge in [0.25, 0.3) is 0 Å². The molecule has 0 saturated carbocycles. The van der Waals surface area contributed by atoms with Gasteiger partial charge < -0.3 is 10.6 Å². The second-order valence-corrected chi connectivity index (χ2v) is 4.94. The monoisotopic (exact) mass is 332 g/mol. The number of carbonyl (C=O) groups is 2. The van der Waals surface area contributed by atoms with Crippen molar-refractivity contribution in [2.45, 2.75) is 6.04 Å². The minimum atomic E-state index is -0.447. The third-order valence-corrected chi connectivity index (χ3v) is 3.53. The van der Waals surface area contributed by atoms with Crippen molar-refractivity contribution in [2.24, 2.45) is 0 Å². The molecule has 1 fully saturated rings. The SMILES string of the molecule is O=C1CNC(C(=O)Nc2cnc(Cl)c(Br)c2)CN1. The van der Waals surface area contributed by atoms with E-state index < -0.39 is 6.04 Å². The highest BCUT2D eigenvalue weighted by atomic mass is 79.9. The fourth-order valence-corrected chi connectivity index (χ4v) is 1.92. The third-order valence-electron chi connectivity index (χ3n) is 2.39. The topological polar surface area (TPSA) is 83.1 Å². The highest BCUT2D eigenvalue weighted by Crippen LogP contribution is 2.22. The Morgan fingerprint density at radius 1 is 1.61 bits per heavy atom. The molecule has 1 aromatic heterocycles. The molecule has 18 heavy (non-hydrogen) atoms. The summed E-state index contributed by atoms with van der Waals surface area (Å²) in [6.45, 7) is 0.410. The average Bonchev–Trinajstić information content (AvgIpc) is 2.34. The predicted octanol–water partition coefficient (Wildman–Crippen LogP) is 0.524. The molecule has 0 aliphatic carbocycles. The summed E-state index contributed by atoms with van der Waals surface area (Å²) in [5.74, 6) is -0.346. The van der Waals surface area contributed by atoms with Gasteiger partial charge in [-0.15, -0.1) is 0 Å². The van der Waals surface area contributed by atoms with E-state index in [9.17, 15) is 9.59 Å². The Morgan fingerprint density at radius 2 is 2.39 bits per heavy atom. The van der Waals surface area contributed by atoms with Crippen molar-refractivity contribution in [1.82, 2.24) is 15.6 Å². The Balaban J connectivity index is 1.98. The number of aromatic nitrogens is 1. The number of amides is 2. The van der Waals surface area contributed by atoms with Crippen LogP contribution in [0, 0.1) is 0 Å². The number of carbonyl (C=O) groups excluding carboxylic acids is 2. The summed E-state index contributed by atoms with van der Waals surface area (Å²) in [6.07, 6.45) is 1.46. The fraction of sp³-hybridized carbons (Fsp3) is 0.300. The number of piperazine rings is 1. The van der Waals surface area contributed by atoms with Crippen molar-refractivity contribution in [3.05, 3.63) is 21.9 Å². The molecule has 1 saturated heterocycles. The number of halogens is 2. The Bertz CT molecular complexity index is 487. The molecule has 1 aliphatic rings. The highest BCUT2D eigenvalue weighted by molar-refractivity contribution is 9.10. The normalized spacial score (nSPS) is 19.2. The summed E-state index contributed by atoms with van der Waals surface area (Å²) in [7, 11) is 0. The number of rotatable bonds is 2. The zero-order valence-corrected chi connectivity index (χ0v) is 11.5. The molecule has 0 aromatic carbocycles. The van der Waals surface area contributed by atoms with Crippen LogP contribution < -0.4 is 16.0 Å². The van der Waals surface area contributed by atoms with Gasteiger partial charge in [0.1, 0.15) is 11.2 Å². The first kappa shape index (κ1) is 13.3. The van der Waals surface area contributed by atoms with E-state index in [1.165, 1.54) is 6.20 Å². The third kappa shape index (κ3) is 3.18. The summed E-state index contributed by atoms with van der Waals surface area (Å²) in [6, 6.07) is 1.21. The molecule has 2 amide bonds. The molecule has 8 heteroatoms. The standard InChI is InChI=1S/C10H10BrClN4O2/c11-6-1-5(2-15-9(6)12)16-10(18)7-3-14-8(17)4-13-7/h1-2,7,13H,3-4H2,(H,14,17)(H,16,18). The van der Waals surface area contributed by atoms with Crippen molar-refractivity contribution in [2.75, 3.05) is 18.4 Å². The van der Waals surface area contributed by atoms with Gasteiger partial charge >= 0.3 is 0 Å². The Kier molecular flexibility index (Phi) is 4.15. The summed E-state index contributed by atoms with van der Waals surface area (Å²) in [4.78, 5) is 26.7. The number of hydrogen-bond donors (Lipinski definition) is 3. The van der Waals surface area contributed by atoms with Crippen LogP contribution in [0.1, 0.15) is 0 Å². The molecular formula is C10H10BrClN4O2. The van der Waals surface area contributed by atoms with E-state index in [0.717, 1.165) is 0 Å². The molecule has 1 unspecified atom stereocenters. The van der Waals surface area contributed by atoms with Crippen LogP contribution in [-0.4, -0.2) is 35.9 Å². The lowest BCUT2D eigenvalue weighted by Gasteiger charge is -2.23.